The SMILES string of the molecule is CCCC(C)NC(=O)[C@H]1N([C@@H](CC)CO)C(=O)[C@@H]2[C@@H](C(=O)OCC)[C@H]3CC[C@]21O3. The largest absolute Gasteiger partial charge is 0.466 e. The number of nitrogens with one attached hydrogen (secondary N) is 1. The number of aliphatic hydroxyl groups is 1. The third kappa shape index (κ3) is 3.44. The predicted octanol–water partition coefficient (Wildman–Crippen LogP) is 1.000. The van der Waals surface area contributed by atoms with Crippen LogP contribution in [0.1, 0.15) is 59.8 Å². The molecule has 0 aromatic carbocycles. The highest BCUT2D eigenvalue weighted by Crippen LogP contribution is 2.59. The van der Waals surface area contributed by atoms with Gasteiger partial charge in [0.25, 0.3) is 0 Å². The summed E-state index contributed by atoms with van der Waals surface area (Å²) in [5.74, 6) is -2.41. The normalized spacial score (nSPS) is 34.8. The number of nitrogens with zero attached hydrogens (tertiary/aromatic N) is 1. The van der Waals surface area contributed by atoms with Crippen molar-refractivity contribution >= 4 is 17.8 Å². The van der Waals surface area contributed by atoms with E-state index in [9.17, 15) is 19.5 Å². The van der Waals surface area contributed by atoms with Crippen LogP contribution in [0, 0.1) is 11.8 Å². The van der Waals surface area contributed by atoms with Crippen molar-refractivity contribution in [2.45, 2.75) is 89.6 Å². The van der Waals surface area contributed by atoms with Crippen molar-refractivity contribution in [1.29, 1.82) is 0 Å². The second-order valence-electron chi connectivity index (χ2n) is 8.50. The summed E-state index contributed by atoms with van der Waals surface area (Å²) in [7, 11) is 0. The van der Waals surface area contributed by atoms with Crippen LogP contribution in [0.2, 0.25) is 0 Å². The Labute approximate surface area is 172 Å². The Morgan fingerprint density at radius 1 is 1.38 bits per heavy atom. The maximum Gasteiger partial charge on any atom is 0.312 e. The lowest BCUT2D eigenvalue weighted by atomic mass is 9.70. The van der Waals surface area contributed by atoms with Gasteiger partial charge in [0.05, 0.1) is 37.2 Å². The highest BCUT2D eigenvalue weighted by atomic mass is 16.6. The Morgan fingerprint density at radius 2 is 2.10 bits per heavy atom. The molecule has 2 N–H and O–H groups in total. The smallest absolute Gasteiger partial charge is 0.312 e. The van der Waals surface area contributed by atoms with Gasteiger partial charge in [0, 0.05) is 6.04 Å². The fourth-order valence-corrected chi connectivity index (χ4v) is 5.53. The van der Waals surface area contributed by atoms with Crippen LogP contribution in [0.4, 0.5) is 0 Å². The van der Waals surface area contributed by atoms with Gasteiger partial charge in [-0.2, -0.15) is 0 Å². The molecule has 29 heavy (non-hydrogen) atoms. The Hall–Kier alpha value is -1.67. The third-order valence-corrected chi connectivity index (χ3v) is 6.73. The van der Waals surface area contributed by atoms with Gasteiger partial charge in [0.15, 0.2) is 0 Å². The molecule has 3 saturated heterocycles. The molecule has 1 unspecified atom stereocenters. The summed E-state index contributed by atoms with van der Waals surface area (Å²) in [6.45, 7) is 7.58. The number of aliphatic hydroxyl groups excluding tert-OH is 1. The molecule has 1 spiro atoms. The number of esters is 1. The number of hydrogen-bond donors (Lipinski definition) is 2. The van der Waals surface area contributed by atoms with Gasteiger partial charge in [-0.3, -0.25) is 14.4 Å². The van der Waals surface area contributed by atoms with Gasteiger partial charge in [-0.25, -0.2) is 0 Å². The molecular formula is C21H34N2O6. The first-order valence-corrected chi connectivity index (χ1v) is 10.9. The molecule has 0 aliphatic carbocycles. The number of hydrogen-bond acceptors (Lipinski definition) is 6. The highest BCUT2D eigenvalue weighted by Gasteiger charge is 2.75. The van der Waals surface area contributed by atoms with E-state index in [1.807, 2.05) is 20.8 Å². The van der Waals surface area contributed by atoms with Crippen LogP contribution < -0.4 is 5.32 Å². The van der Waals surface area contributed by atoms with Crippen LogP contribution in [0.5, 0.6) is 0 Å². The van der Waals surface area contributed by atoms with Gasteiger partial charge < -0.3 is 24.8 Å². The van der Waals surface area contributed by atoms with Crippen molar-refractivity contribution in [3.05, 3.63) is 0 Å². The van der Waals surface area contributed by atoms with Gasteiger partial charge in [-0.1, -0.05) is 20.3 Å². The second kappa shape index (κ2) is 8.60. The molecule has 3 fully saturated rings. The number of fused-ring (bicyclic) bond motifs is 1. The fourth-order valence-electron chi connectivity index (χ4n) is 5.53. The van der Waals surface area contributed by atoms with E-state index < -0.39 is 41.6 Å². The standard InChI is InChI=1S/C21H34N2O6/c1-5-8-12(4)22-18(25)17-21-10-9-14(29-21)15(20(27)28-7-3)16(21)19(26)23(17)13(6-2)11-24/h12-17,24H,5-11H2,1-4H3,(H,22,25)/t12?,13-,14+,15-,16-,17+,21-/m0/s1. The topological polar surface area (TPSA) is 105 Å². The molecule has 8 nitrogen and oxygen atoms in total. The quantitative estimate of drug-likeness (QED) is 0.550. The van der Waals surface area contributed by atoms with Crippen LogP contribution in [-0.4, -0.2) is 70.8 Å². The molecule has 3 heterocycles. The summed E-state index contributed by atoms with van der Waals surface area (Å²) >= 11 is 0. The molecular weight excluding hydrogens is 376 g/mol. The van der Waals surface area contributed by atoms with Crippen molar-refractivity contribution < 1.29 is 29.0 Å². The number of carbonyl (C=O) groups excluding carboxylic acids is 3. The minimum absolute atomic E-state index is 0.0337. The molecule has 2 bridgehead atoms. The summed E-state index contributed by atoms with van der Waals surface area (Å²) in [5, 5.41) is 12.9. The molecule has 0 aromatic rings. The summed E-state index contributed by atoms with van der Waals surface area (Å²) < 4.78 is 11.5. The van der Waals surface area contributed by atoms with Crippen LogP contribution >= 0.6 is 0 Å². The van der Waals surface area contributed by atoms with Crippen molar-refractivity contribution in [2.75, 3.05) is 13.2 Å². The molecule has 3 aliphatic rings. The average molecular weight is 411 g/mol. The first-order chi connectivity index (χ1) is 13.9. The zero-order valence-corrected chi connectivity index (χ0v) is 17.8. The van der Waals surface area contributed by atoms with Crippen LogP contribution in [0.25, 0.3) is 0 Å². The average Bonchev–Trinajstić information content (AvgIpc) is 3.31. The van der Waals surface area contributed by atoms with Crippen molar-refractivity contribution in [3.63, 3.8) is 0 Å². The molecule has 3 rings (SSSR count). The van der Waals surface area contributed by atoms with Gasteiger partial charge in [0.1, 0.15) is 11.6 Å². The molecule has 164 valence electrons. The Bertz CT molecular complexity index is 651. The summed E-state index contributed by atoms with van der Waals surface area (Å²) in [5.41, 5.74) is -1.03. The first-order valence-electron chi connectivity index (χ1n) is 10.9. The van der Waals surface area contributed by atoms with E-state index in [0.29, 0.717) is 19.3 Å². The zero-order chi connectivity index (χ0) is 21.3. The van der Waals surface area contributed by atoms with E-state index in [1.165, 1.54) is 4.90 Å². The van der Waals surface area contributed by atoms with Crippen LogP contribution in [0.15, 0.2) is 0 Å². The molecule has 0 aromatic heterocycles. The van der Waals surface area contributed by atoms with E-state index in [2.05, 4.69) is 5.32 Å². The van der Waals surface area contributed by atoms with E-state index in [-0.39, 0.29) is 31.1 Å². The van der Waals surface area contributed by atoms with Crippen LogP contribution in [-0.2, 0) is 23.9 Å². The lowest BCUT2D eigenvalue weighted by Crippen LogP contribution is -2.58. The minimum atomic E-state index is -1.03. The van der Waals surface area contributed by atoms with E-state index in [4.69, 9.17) is 9.47 Å². The first kappa shape index (κ1) is 22.0. The van der Waals surface area contributed by atoms with Gasteiger partial charge in [-0.05, 0) is 39.5 Å². The van der Waals surface area contributed by atoms with Crippen molar-refractivity contribution in [2.24, 2.45) is 11.8 Å². The van der Waals surface area contributed by atoms with Gasteiger partial charge >= 0.3 is 5.97 Å². The number of ether oxygens (including phenoxy) is 2. The molecule has 7 atom stereocenters. The lowest BCUT2D eigenvalue weighted by Gasteiger charge is -2.37. The van der Waals surface area contributed by atoms with Gasteiger partial charge in [-0.15, -0.1) is 0 Å². The van der Waals surface area contributed by atoms with Crippen LogP contribution in [0.3, 0.4) is 0 Å². The number of amides is 2. The second-order valence-corrected chi connectivity index (χ2v) is 8.50. The Balaban J connectivity index is 1.99. The minimum Gasteiger partial charge on any atom is -0.466 e. The number of rotatable bonds is 9. The molecule has 8 heteroatoms. The highest BCUT2D eigenvalue weighted by molar-refractivity contribution is 5.98. The Morgan fingerprint density at radius 3 is 2.69 bits per heavy atom. The molecule has 2 amide bonds. The zero-order valence-electron chi connectivity index (χ0n) is 17.8. The summed E-state index contributed by atoms with van der Waals surface area (Å²) in [6, 6.07) is -1.38. The molecule has 0 saturated carbocycles. The summed E-state index contributed by atoms with van der Waals surface area (Å²) in [4.78, 5) is 41.0. The number of carbonyl (C=O) groups is 3. The van der Waals surface area contributed by atoms with E-state index >= 15 is 0 Å². The number of likely N-dealkylation sites (tertiary alicyclic amines) is 1. The van der Waals surface area contributed by atoms with Gasteiger partial charge in [0.2, 0.25) is 11.8 Å². The summed E-state index contributed by atoms with van der Waals surface area (Å²) in [6.07, 6.45) is 3.03. The maximum absolute atomic E-state index is 13.5. The van der Waals surface area contributed by atoms with E-state index in [1.54, 1.807) is 6.92 Å². The predicted molar refractivity (Wildman–Crippen MR) is 105 cm³/mol. The fraction of sp³-hybridized carbons (Fsp3) is 0.857. The third-order valence-electron chi connectivity index (χ3n) is 6.73. The van der Waals surface area contributed by atoms with Crippen molar-refractivity contribution in [3.8, 4) is 0 Å². The Kier molecular flexibility index (Phi) is 6.53. The monoisotopic (exact) mass is 410 g/mol. The van der Waals surface area contributed by atoms with E-state index in [0.717, 1.165) is 12.8 Å². The molecule has 3 aliphatic heterocycles. The lowest BCUT2D eigenvalue weighted by molar-refractivity contribution is -0.155. The maximum atomic E-state index is 13.5. The molecule has 0 radical (unpaired) electrons. The van der Waals surface area contributed by atoms with Crippen molar-refractivity contribution in [1.82, 2.24) is 10.2 Å².